The fraction of sp³-hybridized carbons (Fsp3) is 0.375. The summed E-state index contributed by atoms with van der Waals surface area (Å²) >= 11 is 7.03. The number of nitrogens with zero attached hydrogens (tertiary/aromatic N) is 3. The smallest absolute Gasteiger partial charge is 0.416 e. The van der Waals surface area contributed by atoms with Crippen LogP contribution < -0.4 is 10.1 Å². The van der Waals surface area contributed by atoms with Gasteiger partial charge >= 0.3 is 6.18 Å². The molecule has 0 aliphatic heterocycles. The summed E-state index contributed by atoms with van der Waals surface area (Å²) in [7, 11) is 1.75. The Hall–Kier alpha value is -2.72. The molecule has 0 aliphatic carbocycles. The fourth-order valence-electron chi connectivity index (χ4n) is 3.21. The highest BCUT2D eigenvalue weighted by atomic mass is 35.5. The summed E-state index contributed by atoms with van der Waals surface area (Å²) in [5.74, 6) is 0.639. The highest BCUT2D eigenvalue weighted by molar-refractivity contribution is 7.99. The number of ether oxygens (including phenoxy) is 1. The van der Waals surface area contributed by atoms with Gasteiger partial charge < -0.3 is 14.6 Å². The van der Waals surface area contributed by atoms with E-state index in [-0.39, 0.29) is 21.9 Å². The molecule has 188 valence electrons. The van der Waals surface area contributed by atoms with E-state index >= 15 is 0 Å². The van der Waals surface area contributed by atoms with Crippen molar-refractivity contribution in [1.82, 2.24) is 14.8 Å². The van der Waals surface area contributed by atoms with Gasteiger partial charge in [0.25, 0.3) is 0 Å². The lowest BCUT2D eigenvalue weighted by Crippen LogP contribution is -2.16. The van der Waals surface area contributed by atoms with Crippen molar-refractivity contribution >= 4 is 35.0 Å². The second-order valence-electron chi connectivity index (χ2n) is 8.96. The third-order valence-corrected chi connectivity index (χ3v) is 6.52. The number of alkyl halides is 3. The minimum Gasteiger partial charge on any atom is -0.483 e. The van der Waals surface area contributed by atoms with Crippen molar-refractivity contribution in [2.45, 2.75) is 50.5 Å². The zero-order chi connectivity index (χ0) is 26.0. The summed E-state index contributed by atoms with van der Waals surface area (Å²) in [4.78, 5) is 12.3. The molecule has 1 amide bonds. The number of nitrogens with one attached hydrogen (secondary N) is 1. The summed E-state index contributed by atoms with van der Waals surface area (Å²) in [6, 6.07) is 10.6. The number of amides is 1. The number of aromatic nitrogens is 3. The average Bonchev–Trinajstić information content (AvgIpc) is 3.13. The minimum absolute atomic E-state index is 0.0128. The van der Waals surface area contributed by atoms with Crippen LogP contribution in [-0.4, -0.2) is 26.4 Å². The summed E-state index contributed by atoms with van der Waals surface area (Å²) in [6.07, 6.45) is -4.94. The van der Waals surface area contributed by atoms with Crippen molar-refractivity contribution in [1.29, 1.82) is 0 Å². The molecule has 0 fully saturated rings. The van der Waals surface area contributed by atoms with Crippen molar-refractivity contribution in [2.24, 2.45) is 7.05 Å². The van der Waals surface area contributed by atoms with Crippen molar-refractivity contribution in [2.75, 3.05) is 11.1 Å². The Morgan fingerprint density at radius 2 is 1.74 bits per heavy atom. The summed E-state index contributed by atoms with van der Waals surface area (Å²) < 4.78 is 46.5. The van der Waals surface area contributed by atoms with Crippen molar-refractivity contribution in [3.8, 4) is 5.75 Å². The Bertz CT molecular complexity index is 1190. The van der Waals surface area contributed by atoms with Gasteiger partial charge in [-0.3, -0.25) is 4.79 Å². The zero-order valence-electron chi connectivity index (χ0n) is 19.9. The monoisotopic (exact) mass is 526 g/mol. The zero-order valence-corrected chi connectivity index (χ0v) is 21.5. The predicted octanol–water partition coefficient (Wildman–Crippen LogP) is 6.66. The maximum absolute atomic E-state index is 12.9. The van der Waals surface area contributed by atoms with Gasteiger partial charge in [-0.25, -0.2) is 0 Å². The van der Waals surface area contributed by atoms with Crippen LogP contribution in [0.25, 0.3) is 0 Å². The fourth-order valence-corrected chi connectivity index (χ4v) is 4.09. The highest BCUT2D eigenvalue weighted by Crippen LogP contribution is 2.34. The van der Waals surface area contributed by atoms with Gasteiger partial charge in [0.1, 0.15) is 5.75 Å². The molecule has 0 radical (unpaired) electrons. The first-order valence-electron chi connectivity index (χ1n) is 10.7. The number of rotatable bonds is 7. The summed E-state index contributed by atoms with van der Waals surface area (Å²) in [5.41, 5.74) is 0.230. The standard InChI is InChI=1S/C24H26ClF3N4O2S/c1-14(34-17-9-6-15(7-10-17)23(2,3)4)21-30-31-22(32(21)5)35-13-20(33)29-19-12-16(24(26,27)28)8-11-18(19)25/h6-12,14H,13H2,1-5H3,(H,29,33). The first kappa shape index (κ1) is 26.9. The van der Waals surface area contributed by atoms with Crippen LogP contribution >= 0.6 is 23.4 Å². The average molecular weight is 527 g/mol. The third-order valence-electron chi connectivity index (χ3n) is 5.17. The quantitative estimate of drug-likeness (QED) is 0.349. The molecule has 3 aromatic rings. The molecule has 1 aromatic heterocycles. The van der Waals surface area contributed by atoms with Gasteiger partial charge in [-0.2, -0.15) is 13.2 Å². The first-order valence-corrected chi connectivity index (χ1v) is 12.1. The van der Waals surface area contributed by atoms with E-state index in [1.165, 1.54) is 5.56 Å². The largest absolute Gasteiger partial charge is 0.483 e. The normalized spacial score (nSPS) is 12.9. The van der Waals surface area contributed by atoms with Crippen LogP contribution in [0.4, 0.5) is 18.9 Å². The Morgan fingerprint density at radius 1 is 1.11 bits per heavy atom. The molecule has 0 bridgehead atoms. The molecule has 3 rings (SSSR count). The van der Waals surface area contributed by atoms with Crippen LogP contribution in [0, 0.1) is 0 Å². The van der Waals surface area contributed by atoms with Crippen molar-refractivity contribution in [3.05, 3.63) is 64.4 Å². The van der Waals surface area contributed by atoms with E-state index in [1.54, 1.807) is 11.6 Å². The molecule has 1 N–H and O–H groups in total. The molecule has 0 saturated carbocycles. The second kappa shape index (κ2) is 10.5. The lowest BCUT2D eigenvalue weighted by Gasteiger charge is -2.20. The Balaban J connectivity index is 1.61. The number of thioether (sulfide) groups is 1. The summed E-state index contributed by atoms with van der Waals surface area (Å²) in [6.45, 7) is 8.26. The Labute approximate surface area is 211 Å². The van der Waals surface area contributed by atoms with E-state index in [2.05, 4.69) is 36.3 Å². The maximum Gasteiger partial charge on any atom is 0.416 e. The highest BCUT2D eigenvalue weighted by Gasteiger charge is 2.31. The topological polar surface area (TPSA) is 69.0 Å². The van der Waals surface area contributed by atoms with Crippen LogP contribution in [0.1, 0.15) is 50.8 Å². The molecule has 2 aromatic carbocycles. The van der Waals surface area contributed by atoms with E-state index in [0.717, 1.165) is 30.0 Å². The molecular weight excluding hydrogens is 501 g/mol. The van der Waals surface area contributed by atoms with Gasteiger partial charge in [-0.1, -0.05) is 56.3 Å². The molecular formula is C24H26ClF3N4O2S. The number of benzene rings is 2. The minimum atomic E-state index is -4.54. The molecule has 0 aliphatic rings. The molecule has 1 heterocycles. The molecule has 1 unspecified atom stereocenters. The van der Waals surface area contributed by atoms with Crippen LogP contribution in [0.2, 0.25) is 5.02 Å². The van der Waals surface area contributed by atoms with Crippen molar-refractivity contribution < 1.29 is 22.7 Å². The van der Waals surface area contributed by atoms with Gasteiger partial charge in [0, 0.05) is 7.05 Å². The van der Waals surface area contributed by atoms with Crippen LogP contribution in [0.3, 0.4) is 0 Å². The number of carbonyl (C=O) groups is 1. The second-order valence-corrected chi connectivity index (χ2v) is 10.3. The Kier molecular flexibility index (Phi) is 8.06. The number of halogens is 4. The molecule has 1 atom stereocenters. The lowest BCUT2D eigenvalue weighted by atomic mass is 9.87. The molecule has 35 heavy (non-hydrogen) atoms. The van der Waals surface area contributed by atoms with E-state index in [9.17, 15) is 18.0 Å². The first-order chi connectivity index (χ1) is 16.3. The lowest BCUT2D eigenvalue weighted by molar-refractivity contribution is -0.137. The molecule has 6 nitrogen and oxygen atoms in total. The Morgan fingerprint density at radius 3 is 2.34 bits per heavy atom. The van der Waals surface area contributed by atoms with Crippen LogP contribution in [0.5, 0.6) is 5.75 Å². The molecule has 11 heteroatoms. The van der Waals surface area contributed by atoms with E-state index in [4.69, 9.17) is 16.3 Å². The number of hydrogen-bond acceptors (Lipinski definition) is 5. The van der Waals surface area contributed by atoms with Crippen LogP contribution in [0.15, 0.2) is 47.6 Å². The number of hydrogen-bond donors (Lipinski definition) is 1. The third kappa shape index (κ3) is 6.91. The maximum atomic E-state index is 12.9. The van der Waals surface area contributed by atoms with E-state index in [0.29, 0.717) is 16.7 Å². The van der Waals surface area contributed by atoms with Gasteiger partial charge in [-0.15, -0.1) is 10.2 Å². The van der Waals surface area contributed by atoms with Gasteiger partial charge in [0.05, 0.1) is 22.0 Å². The number of carbonyl (C=O) groups excluding carboxylic acids is 1. The van der Waals surface area contributed by atoms with Crippen LogP contribution in [-0.2, 0) is 23.4 Å². The van der Waals surface area contributed by atoms with Gasteiger partial charge in [0.15, 0.2) is 17.1 Å². The SMILES string of the molecule is CC(Oc1ccc(C(C)(C)C)cc1)c1nnc(SCC(=O)Nc2cc(C(F)(F)F)ccc2Cl)n1C. The van der Waals surface area contributed by atoms with Gasteiger partial charge in [0.2, 0.25) is 5.91 Å². The predicted molar refractivity (Wildman–Crippen MR) is 131 cm³/mol. The van der Waals surface area contributed by atoms with E-state index < -0.39 is 23.8 Å². The molecule has 0 spiro atoms. The van der Waals surface area contributed by atoms with E-state index in [1.807, 2.05) is 31.2 Å². The molecule has 0 saturated heterocycles. The van der Waals surface area contributed by atoms with Gasteiger partial charge in [-0.05, 0) is 48.2 Å². The number of anilines is 1. The van der Waals surface area contributed by atoms with Crippen molar-refractivity contribution in [3.63, 3.8) is 0 Å². The summed E-state index contributed by atoms with van der Waals surface area (Å²) in [5, 5.41) is 11.2.